The molecule has 0 radical (unpaired) electrons. The Balaban J connectivity index is 1.29. The van der Waals surface area contributed by atoms with E-state index >= 15 is 0 Å². The fourth-order valence-electron chi connectivity index (χ4n) is 8.20. The van der Waals surface area contributed by atoms with Crippen LogP contribution in [0, 0.1) is 0 Å². The lowest BCUT2D eigenvalue weighted by Crippen LogP contribution is -2.43. The van der Waals surface area contributed by atoms with Crippen molar-refractivity contribution in [2.24, 2.45) is 0 Å². The lowest BCUT2D eigenvalue weighted by molar-refractivity contribution is 0.987. The molecule has 4 aromatic carbocycles. The Morgan fingerprint density at radius 3 is 0.948 bits per heavy atom. The zero-order valence-electron chi connectivity index (χ0n) is 30.9. The molecule has 270 valence electrons. The van der Waals surface area contributed by atoms with E-state index in [1.807, 2.05) is 36.8 Å². The second-order valence-electron chi connectivity index (χ2n) is 14.6. The lowest BCUT2D eigenvalue weighted by Gasteiger charge is -2.23. The van der Waals surface area contributed by atoms with Crippen LogP contribution in [0.15, 0.2) is 146 Å². The average molecular weight is 760 g/mol. The zero-order valence-corrected chi connectivity index (χ0v) is 32.1. The van der Waals surface area contributed by atoms with Crippen LogP contribution < -0.4 is 0 Å². The van der Waals surface area contributed by atoms with Crippen LogP contribution in [0.4, 0.5) is 0 Å². The minimum atomic E-state index is -2.94. The summed E-state index contributed by atoms with van der Waals surface area (Å²) >= 11 is -2.94. The van der Waals surface area contributed by atoms with Gasteiger partial charge >= 0.3 is 14.8 Å². The number of fused-ring (bicyclic) bond motifs is 3. The van der Waals surface area contributed by atoms with Crippen molar-refractivity contribution >= 4 is 84.4 Å². The minimum Gasteiger partial charge on any atom is -0.377 e. The van der Waals surface area contributed by atoms with Crippen LogP contribution in [0.1, 0.15) is 33.4 Å². The highest BCUT2D eigenvalue weighted by Crippen LogP contribution is 2.34. The minimum absolute atomic E-state index is 0.754. The number of pyridine rings is 3. The van der Waals surface area contributed by atoms with Gasteiger partial charge in [0.2, 0.25) is 0 Å². The van der Waals surface area contributed by atoms with Gasteiger partial charge in [0.25, 0.3) is 0 Å². The first-order chi connectivity index (χ1) is 28.7. The summed E-state index contributed by atoms with van der Waals surface area (Å²) in [4.78, 5) is 31.5. The van der Waals surface area contributed by atoms with Crippen molar-refractivity contribution < 1.29 is 0 Å². The van der Waals surface area contributed by atoms with E-state index in [2.05, 4.69) is 156 Å². The fraction of sp³-hybridized carbons (Fsp3) is 0. The first kappa shape index (κ1) is 32.7. The molecule has 0 spiro atoms. The van der Waals surface area contributed by atoms with Crippen LogP contribution >= 0.6 is 0 Å². The maximum absolute atomic E-state index is 5.37. The molecule has 9 nitrogen and oxygen atoms in total. The second-order valence-corrected chi connectivity index (χ2v) is 16.8. The largest absolute Gasteiger partial charge is 0.760 e. The normalized spacial score (nSPS) is 14.0. The van der Waals surface area contributed by atoms with Gasteiger partial charge in [0.05, 0.1) is 16.6 Å². The Hall–Kier alpha value is -7.51. The highest BCUT2D eigenvalue weighted by molar-refractivity contribution is 6.59. The molecule has 0 saturated carbocycles. The van der Waals surface area contributed by atoms with E-state index in [-0.39, 0.29) is 0 Å². The molecule has 0 unspecified atom stereocenters. The Morgan fingerprint density at radius 2 is 0.638 bits per heavy atom. The van der Waals surface area contributed by atoms with Crippen molar-refractivity contribution in [1.29, 1.82) is 0 Å². The maximum Gasteiger partial charge on any atom is 0.760 e. The van der Waals surface area contributed by atoms with Crippen molar-refractivity contribution in [3.63, 3.8) is 0 Å². The molecule has 12 aliphatic heterocycles. The number of para-hydroxylation sites is 6. The van der Waals surface area contributed by atoms with Crippen LogP contribution in [-0.2, 0) is 0 Å². The summed E-state index contributed by atoms with van der Waals surface area (Å²) in [5, 5.41) is 0. The number of benzene rings is 4. The molecule has 0 N–H and O–H groups in total. The van der Waals surface area contributed by atoms with Gasteiger partial charge in [-0.2, -0.15) is 0 Å². The first-order valence-electron chi connectivity index (χ1n) is 19.2. The van der Waals surface area contributed by atoms with Crippen molar-refractivity contribution in [1.82, 2.24) is 40.6 Å². The van der Waals surface area contributed by atoms with E-state index in [0.29, 0.717) is 0 Å². The highest BCUT2D eigenvalue weighted by Gasteiger charge is 2.43. The number of rotatable bonds is 0. The van der Waals surface area contributed by atoms with Crippen molar-refractivity contribution in [3.8, 4) is 34.6 Å². The van der Waals surface area contributed by atoms with Crippen LogP contribution in [-0.4, -0.2) is 55.4 Å². The molecule has 18 heterocycles. The molecule has 10 bridgehead atoms. The van der Waals surface area contributed by atoms with Gasteiger partial charge in [-0.25, -0.2) is 15.0 Å². The molecule has 0 saturated heterocycles. The molecule has 22 rings (SSSR count). The zero-order chi connectivity index (χ0) is 38.2. The smallest absolute Gasteiger partial charge is 0.377 e. The molecular formula is C48H30AlN9. The van der Waals surface area contributed by atoms with E-state index in [0.717, 1.165) is 101 Å². The summed E-state index contributed by atoms with van der Waals surface area (Å²) in [5.41, 5.74) is 14.0. The molecule has 58 heavy (non-hydrogen) atoms. The van der Waals surface area contributed by atoms with Gasteiger partial charge < -0.3 is 10.7 Å². The third-order valence-electron chi connectivity index (χ3n) is 10.9. The molecule has 12 aliphatic rings. The second kappa shape index (κ2) is 13.0. The van der Waals surface area contributed by atoms with Crippen molar-refractivity contribution in [3.05, 3.63) is 179 Å². The maximum atomic E-state index is 5.37. The summed E-state index contributed by atoms with van der Waals surface area (Å²) in [6.45, 7) is 0. The molecule has 6 aromatic heterocycles. The lowest BCUT2D eigenvalue weighted by atomic mass is 10.0. The number of hydrogen-bond acceptors (Lipinski definition) is 6. The van der Waals surface area contributed by atoms with E-state index in [1.54, 1.807) is 0 Å². The first-order valence-corrected chi connectivity index (χ1v) is 20.7. The van der Waals surface area contributed by atoms with E-state index < -0.39 is 14.8 Å². The van der Waals surface area contributed by atoms with E-state index in [4.69, 9.17) is 29.9 Å². The number of aromatic nitrogens is 9. The quantitative estimate of drug-likeness (QED) is 0.143. The van der Waals surface area contributed by atoms with Gasteiger partial charge in [0.15, 0.2) is 0 Å². The highest BCUT2D eigenvalue weighted by atomic mass is 27.2. The fourth-order valence-corrected chi connectivity index (χ4v) is 11.5. The van der Waals surface area contributed by atoms with Gasteiger partial charge in [-0.3, -0.25) is 15.0 Å². The van der Waals surface area contributed by atoms with Gasteiger partial charge in [-0.1, -0.05) is 91.1 Å². The van der Waals surface area contributed by atoms with Crippen LogP contribution in [0.25, 0.3) is 104 Å². The van der Waals surface area contributed by atoms with Crippen LogP contribution in [0.5, 0.6) is 0 Å². The number of nitrogens with zero attached hydrogens (tertiary/aromatic N) is 9. The summed E-state index contributed by atoms with van der Waals surface area (Å²) in [6, 6.07) is 44.2. The summed E-state index contributed by atoms with van der Waals surface area (Å²) in [7, 11) is 0. The Morgan fingerprint density at radius 1 is 0.328 bits per heavy atom. The molecule has 10 heteroatoms. The molecule has 0 atom stereocenters. The van der Waals surface area contributed by atoms with Crippen LogP contribution in [0.2, 0.25) is 0 Å². The predicted octanol–water partition coefficient (Wildman–Crippen LogP) is 9.99. The molecular weight excluding hydrogens is 730 g/mol. The van der Waals surface area contributed by atoms with E-state index in [9.17, 15) is 0 Å². The third kappa shape index (κ3) is 5.39. The Bertz CT molecular complexity index is 2960. The topological polar surface area (TPSA) is 92.1 Å². The standard InChI is InChI=1S/C48H30N9.Al/c1-2-8-38-37(7-1)52-46(53-38)43-22-19-31(28-49-43)13-16-34-25-35(17-14-32-20-23-44(50-29-32)47-54-39-9-3-4-10-40(39)55-47)27-36(26-34)18-15-33-21-24-45(51-30-33)48-56-41-11-5-6-12-42(41)57-48;/h1-30H;/q-3;+3/b16-13-,17-14-,18-15?;. The molecule has 0 aliphatic carbocycles. The van der Waals surface area contributed by atoms with Crippen molar-refractivity contribution in [2.75, 3.05) is 0 Å². The summed E-state index contributed by atoms with van der Waals surface area (Å²) in [5.74, 6) is 2.26. The van der Waals surface area contributed by atoms with Crippen LogP contribution in [0.3, 0.4) is 0 Å². The monoisotopic (exact) mass is 759 g/mol. The van der Waals surface area contributed by atoms with Gasteiger partial charge in [-0.15, -0.1) is 0 Å². The Labute approximate surface area is 337 Å². The summed E-state index contributed by atoms with van der Waals surface area (Å²) in [6.07, 6.45) is 18.6. The molecule has 0 fully saturated rings. The van der Waals surface area contributed by atoms with Gasteiger partial charge in [-0.05, 0) is 106 Å². The Kier molecular flexibility index (Phi) is 7.35. The average Bonchev–Trinajstić information content (AvgIpc) is 3.97. The number of imidazole rings is 3. The number of hydrogen-bond donors (Lipinski definition) is 0. The molecule has 10 aromatic rings. The SMILES string of the molecule is C1=Cc2cc3cc(c2)/C=C\c2ccc(nc2)-c2nc4ccccc4[n]2[Al]([n]2c(nc4ccccc42)-c2ccc1cn2)[n]1c(nc2ccccc21)-c1ccc(cn1)/C=C\3. The predicted molar refractivity (Wildman–Crippen MR) is 234 cm³/mol. The summed E-state index contributed by atoms with van der Waals surface area (Å²) < 4.78 is 7.21. The molecule has 0 amide bonds. The van der Waals surface area contributed by atoms with E-state index in [1.165, 1.54) is 0 Å². The van der Waals surface area contributed by atoms with Gasteiger partial charge in [0.1, 0.15) is 34.6 Å². The van der Waals surface area contributed by atoms with Crippen molar-refractivity contribution in [2.45, 2.75) is 0 Å². The van der Waals surface area contributed by atoms with Gasteiger partial charge in [0, 0.05) is 35.1 Å². The third-order valence-corrected chi connectivity index (χ3v) is 13.9.